The highest BCUT2D eigenvalue weighted by Crippen LogP contribution is 2.16. The van der Waals surface area contributed by atoms with Gasteiger partial charge in [0, 0.05) is 10.7 Å². The second kappa shape index (κ2) is 5.21. The van der Waals surface area contributed by atoms with Crippen molar-refractivity contribution in [3.05, 3.63) is 22.8 Å². The zero-order chi connectivity index (χ0) is 9.68. The molecule has 70 valence electrons. The van der Waals surface area contributed by atoms with Gasteiger partial charge in [-0.25, -0.2) is 10.8 Å². The van der Waals surface area contributed by atoms with Gasteiger partial charge in [-0.2, -0.15) is 0 Å². The number of amides is 1. The van der Waals surface area contributed by atoms with E-state index in [1.807, 2.05) is 17.6 Å². The Bertz CT molecular complexity index is 290. The van der Waals surface area contributed by atoms with Gasteiger partial charge in [-0.15, -0.1) is 0 Å². The van der Waals surface area contributed by atoms with E-state index in [-0.39, 0.29) is 11.7 Å². The molecule has 0 radical (unpaired) electrons. The minimum absolute atomic E-state index is 0.213. The van der Waals surface area contributed by atoms with Crippen molar-refractivity contribution in [3.8, 4) is 0 Å². The number of hydrazine groups is 1. The Morgan fingerprint density at radius 1 is 1.69 bits per heavy atom. The monoisotopic (exact) mass is 261 g/mol. The molecule has 1 aromatic rings. The van der Waals surface area contributed by atoms with Crippen molar-refractivity contribution in [2.45, 2.75) is 5.03 Å². The lowest BCUT2D eigenvalue weighted by atomic mass is 10.5. The van der Waals surface area contributed by atoms with E-state index >= 15 is 0 Å². The summed E-state index contributed by atoms with van der Waals surface area (Å²) in [5, 5.41) is 0.798. The van der Waals surface area contributed by atoms with E-state index in [0.717, 1.165) is 9.50 Å². The molecule has 1 rings (SSSR count). The summed E-state index contributed by atoms with van der Waals surface area (Å²) in [5.41, 5.74) is 2.05. The Hall–Kier alpha value is -0.590. The molecule has 4 nitrogen and oxygen atoms in total. The number of thioether (sulfide) groups is 1. The number of nitrogens with one attached hydrogen (secondary N) is 1. The Labute approximate surface area is 88.4 Å². The summed E-state index contributed by atoms with van der Waals surface area (Å²) >= 11 is 4.61. The first kappa shape index (κ1) is 10.5. The molecule has 1 aromatic heterocycles. The zero-order valence-electron chi connectivity index (χ0n) is 6.66. The third-order valence-electron chi connectivity index (χ3n) is 1.21. The lowest BCUT2D eigenvalue weighted by Gasteiger charge is -1.99. The lowest BCUT2D eigenvalue weighted by Crippen LogP contribution is -2.31. The number of carbonyl (C=O) groups excluding carboxylic acids is 1. The van der Waals surface area contributed by atoms with Crippen molar-refractivity contribution in [2.24, 2.45) is 5.84 Å². The Kier molecular flexibility index (Phi) is 4.20. The number of nitrogens with two attached hydrogens (primary N) is 1. The minimum Gasteiger partial charge on any atom is -0.294 e. The summed E-state index contributed by atoms with van der Waals surface area (Å²) in [7, 11) is 0. The van der Waals surface area contributed by atoms with Gasteiger partial charge in [0.05, 0.1) is 10.8 Å². The molecular formula is C7H8BrN3OS. The number of rotatable bonds is 3. The van der Waals surface area contributed by atoms with Crippen molar-refractivity contribution in [1.82, 2.24) is 10.4 Å². The van der Waals surface area contributed by atoms with E-state index in [1.165, 1.54) is 11.8 Å². The van der Waals surface area contributed by atoms with Crippen LogP contribution in [-0.2, 0) is 4.79 Å². The van der Waals surface area contributed by atoms with Gasteiger partial charge in [-0.05, 0) is 28.1 Å². The van der Waals surface area contributed by atoms with Crippen molar-refractivity contribution in [3.63, 3.8) is 0 Å². The number of carbonyl (C=O) groups is 1. The summed E-state index contributed by atoms with van der Waals surface area (Å²) in [4.78, 5) is 14.8. The maximum absolute atomic E-state index is 10.8. The predicted octanol–water partition coefficient (Wildman–Crippen LogP) is 0.926. The predicted molar refractivity (Wildman–Crippen MR) is 55.0 cm³/mol. The van der Waals surface area contributed by atoms with Crippen molar-refractivity contribution < 1.29 is 4.79 Å². The topological polar surface area (TPSA) is 68.0 Å². The molecule has 0 aliphatic carbocycles. The van der Waals surface area contributed by atoms with E-state index in [9.17, 15) is 4.79 Å². The molecule has 0 bridgehead atoms. The van der Waals surface area contributed by atoms with E-state index in [1.54, 1.807) is 6.20 Å². The fourth-order valence-electron chi connectivity index (χ4n) is 0.629. The van der Waals surface area contributed by atoms with Crippen LogP contribution in [0, 0.1) is 0 Å². The van der Waals surface area contributed by atoms with Crippen LogP contribution in [0.1, 0.15) is 0 Å². The van der Waals surface area contributed by atoms with Crippen molar-refractivity contribution in [1.29, 1.82) is 0 Å². The first-order valence-corrected chi connectivity index (χ1v) is 5.24. The van der Waals surface area contributed by atoms with Crippen LogP contribution in [-0.4, -0.2) is 16.6 Å². The van der Waals surface area contributed by atoms with Gasteiger partial charge in [0.15, 0.2) is 0 Å². The second-order valence-corrected chi connectivity index (χ2v) is 4.08. The van der Waals surface area contributed by atoms with Crippen molar-refractivity contribution in [2.75, 3.05) is 5.75 Å². The Morgan fingerprint density at radius 2 is 2.46 bits per heavy atom. The van der Waals surface area contributed by atoms with E-state index in [4.69, 9.17) is 5.84 Å². The largest absolute Gasteiger partial charge is 0.294 e. The molecule has 0 aliphatic rings. The second-order valence-electron chi connectivity index (χ2n) is 2.17. The Balaban J connectivity index is 2.46. The highest BCUT2D eigenvalue weighted by atomic mass is 79.9. The number of hydrogen-bond acceptors (Lipinski definition) is 4. The maximum Gasteiger partial charge on any atom is 0.244 e. The van der Waals surface area contributed by atoms with Crippen LogP contribution in [0.3, 0.4) is 0 Å². The van der Waals surface area contributed by atoms with Crippen LogP contribution in [0.15, 0.2) is 27.8 Å². The molecule has 0 atom stereocenters. The fraction of sp³-hybridized carbons (Fsp3) is 0.143. The molecular weight excluding hydrogens is 254 g/mol. The number of aromatic nitrogens is 1. The van der Waals surface area contributed by atoms with Gasteiger partial charge in [-0.3, -0.25) is 10.2 Å². The first-order chi connectivity index (χ1) is 6.22. The molecule has 3 N–H and O–H groups in total. The molecule has 1 amide bonds. The molecule has 0 fully saturated rings. The minimum atomic E-state index is -0.213. The molecule has 0 aliphatic heterocycles. The van der Waals surface area contributed by atoms with E-state index in [2.05, 4.69) is 20.9 Å². The standard InChI is InChI=1S/C7H8BrN3OS/c8-5-1-2-7(10-3-5)13-4-6(12)11-9/h1-3H,4,9H2,(H,11,12). The van der Waals surface area contributed by atoms with Gasteiger partial charge >= 0.3 is 0 Å². The van der Waals surface area contributed by atoms with Crippen molar-refractivity contribution >= 4 is 33.6 Å². The maximum atomic E-state index is 10.8. The van der Waals surface area contributed by atoms with Gasteiger partial charge in [0.2, 0.25) is 5.91 Å². The third kappa shape index (κ3) is 3.75. The van der Waals surface area contributed by atoms with Crippen LogP contribution in [0.2, 0.25) is 0 Å². The number of halogens is 1. The van der Waals surface area contributed by atoms with Crippen LogP contribution in [0.4, 0.5) is 0 Å². The van der Waals surface area contributed by atoms with Gasteiger partial charge in [-0.1, -0.05) is 11.8 Å². The summed E-state index contributed by atoms with van der Waals surface area (Å²) < 4.78 is 0.917. The quantitative estimate of drug-likeness (QED) is 0.368. The molecule has 0 saturated carbocycles. The molecule has 6 heteroatoms. The molecule has 0 saturated heterocycles. The molecule has 0 aromatic carbocycles. The highest BCUT2D eigenvalue weighted by molar-refractivity contribution is 9.10. The van der Waals surface area contributed by atoms with Gasteiger partial charge < -0.3 is 0 Å². The third-order valence-corrected chi connectivity index (χ3v) is 2.63. The van der Waals surface area contributed by atoms with Crippen LogP contribution in [0.25, 0.3) is 0 Å². The van der Waals surface area contributed by atoms with Gasteiger partial charge in [0.1, 0.15) is 0 Å². The average Bonchev–Trinajstić information content (AvgIpc) is 2.16. The number of hydrogen-bond donors (Lipinski definition) is 2. The highest BCUT2D eigenvalue weighted by Gasteiger charge is 2.00. The van der Waals surface area contributed by atoms with Crippen LogP contribution < -0.4 is 11.3 Å². The Morgan fingerprint density at radius 3 is 3.00 bits per heavy atom. The number of nitrogens with zero attached hydrogens (tertiary/aromatic N) is 1. The van der Waals surface area contributed by atoms with Crippen LogP contribution >= 0.6 is 27.7 Å². The molecule has 0 unspecified atom stereocenters. The fourth-order valence-corrected chi connectivity index (χ4v) is 1.52. The smallest absolute Gasteiger partial charge is 0.244 e. The lowest BCUT2D eigenvalue weighted by molar-refractivity contribution is -0.118. The normalized spacial score (nSPS) is 9.69. The van der Waals surface area contributed by atoms with Gasteiger partial charge in [0.25, 0.3) is 0 Å². The molecule has 1 heterocycles. The first-order valence-electron chi connectivity index (χ1n) is 3.46. The summed E-state index contributed by atoms with van der Waals surface area (Å²) in [6.45, 7) is 0. The van der Waals surface area contributed by atoms with Crippen LogP contribution in [0.5, 0.6) is 0 Å². The van der Waals surface area contributed by atoms with E-state index in [0.29, 0.717) is 0 Å². The number of pyridine rings is 1. The summed E-state index contributed by atoms with van der Waals surface area (Å²) in [6, 6.07) is 3.70. The summed E-state index contributed by atoms with van der Waals surface area (Å²) in [5.74, 6) is 4.99. The SMILES string of the molecule is NNC(=O)CSc1ccc(Br)cn1. The molecule has 0 spiro atoms. The van der Waals surface area contributed by atoms with E-state index < -0.39 is 0 Å². The average molecular weight is 262 g/mol. The zero-order valence-corrected chi connectivity index (χ0v) is 9.06. The summed E-state index contributed by atoms with van der Waals surface area (Å²) in [6.07, 6.45) is 1.68. The molecule has 13 heavy (non-hydrogen) atoms.